The highest BCUT2D eigenvalue weighted by Gasteiger charge is 2.17. The molecule has 9 heteroatoms. The van der Waals surface area contributed by atoms with E-state index in [4.69, 9.17) is 32.8 Å². The van der Waals surface area contributed by atoms with Gasteiger partial charge < -0.3 is 25.9 Å². The monoisotopic (exact) mass is 676 g/mol. The van der Waals surface area contributed by atoms with Gasteiger partial charge in [0.2, 0.25) is 0 Å². The van der Waals surface area contributed by atoms with Gasteiger partial charge in [-0.1, -0.05) is 120 Å². The first kappa shape index (κ1) is 37.8. The van der Waals surface area contributed by atoms with Crippen LogP contribution in [0, 0.1) is 16.0 Å². The molecule has 2 aromatic carbocycles. The number of aryl methyl sites for hydroxylation is 1. The van der Waals surface area contributed by atoms with Crippen molar-refractivity contribution in [3.05, 3.63) is 76.9 Å². The lowest BCUT2D eigenvalue weighted by Crippen LogP contribution is -2.11. The molecule has 5 N–H and O–H groups in total. The molecule has 47 heavy (non-hydrogen) atoms. The second-order valence-corrected chi connectivity index (χ2v) is 14.6. The van der Waals surface area contributed by atoms with Crippen molar-refractivity contribution in [1.29, 1.82) is 0 Å². The van der Waals surface area contributed by atoms with Gasteiger partial charge >= 0.3 is 5.97 Å². The predicted molar refractivity (Wildman–Crippen MR) is 201 cm³/mol. The third kappa shape index (κ3) is 13.5. The van der Waals surface area contributed by atoms with Crippen LogP contribution in [-0.2, 0) is 11.2 Å². The van der Waals surface area contributed by atoms with Crippen LogP contribution in [0.2, 0.25) is 0 Å². The van der Waals surface area contributed by atoms with E-state index in [0.717, 1.165) is 77.4 Å². The molecule has 7 nitrogen and oxygen atoms in total. The maximum atomic E-state index is 10.1. The molecule has 0 spiro atoms. The zero-order valence-corrected chi connectivity index (χ0v) is 30.2. The Balaban J connectivity index is 0.000000665. The van der Waals surface area contributed by atoms with Crippen molar-refractivity contribution >= 4 is 40.5 Å². The number of carboxylic acids is 1. The first-order chi connectivity index (χ1) is 22.5. The van der Waals surface area contributed by atoms with Crippen LogP contribution in [0.25, 0.3) is 21.7 Å². The van der Waals surface area contributed by atoms with Gasteiger partial charge in [0, 0.05) is 12.1 Å². The summed E-state index contributed by atoms with van der Waals surface area (Å²) in [4.78, 5) is 19.1. The van der Waals surface area contributed by atoms with Crippen LogP contribution in [0.1, 0.15) is 85.1 Å². The van der Waals surface area contributed by atoms with Crippen molar-refractivity contribution in [1.82, 2.24) is 9.97 Å². The van der Waals surface area contributed by atoms with Gasteiger partial charge in [-0.3, -0.25) is 4.79 Å². The molecule has 0 aliphatic heterocycles. The Morgan fingerprint density at radius 2 is 1.81 bits per heavy atom. The number of nitrogen functional groups attached to an aromatic ring is 1. The Morgan fingerprint density at radius 3 is 2.51 bits per heavy atom. The number of nitrogens with two attached hydrogens (primary N) is 1. The lowest BCUT2D eigenvalue weighted by atomic mass is 9.93. The number of aromatic nitrogens is 2. The standard InChI is InChI=1S/C32H40N4OS2.C6H12O2/c1-32(2,3)19-21-37-25-15-10-14-24(22-25)30-29(36-31(33)39-30)26-16-8-7-13-23(26)12-6-4-5-9-20-34-27-17-11-18-28(38)35-27;1-3-4-5(2)6(7)8/h7-8,10-11,13-18,22H,4-6,9,12,19-21H2,1-3H3,(H2,33,36)(H2,34,35,38);5H,3-4H2,1-2H3,(H,7,8). The van der Waals surface area contributed by atoms with Crippen LogP contribution in [-0.4, -0.2) is 34.2 Å². The van der Waals surface area contributed by atoms with Crippen molar-refractivity contribution in [2.24, 2.45) is 11.3 Å². The highest BCUT2D eigenvalue weighted by Crippen LogP contribution is 2.40. The minimum absolute atomic E-state index is 0.167. The van der Waals surface area contributed by atoms with E-state index >= 15 is 0 Å². The number of anilines is 2. The summed E-state index contributed by atoms with van der Waals surface area (Å²) >= 11 is 6.72. The van der Waals surface area contributed by atoms with E-state index in [2.05, 4.69) is 67.5 Å². The second-order valence-electron chi connectivity index (χ2n) is 13.1. The van der Waals surface area contributed by atoms with Gasteiger partial charge in [-0.15, -0.1) is 0 Å². The van der Waals surface area contributed by atoms with Crippen LogP contribution >= 0.6 is 23.6 Å². The number of aliphatic carboxylic acids is 1. The SMILES string of the molecule is CC(C)(C)CCOc1cccc(-c2sc(N)nc2-c2ccccc2CCCCCCNc2cccc(=S)[nH]2)c1.CCCC(C)C(=O)O. The van der Waals surface area contributed by atoms with Crippen LogP contribution in [0.15, 0.2) is 66.7 Å². The fourth-order valence-electron chi connectivity index (χ4n) is 5.01. The van der Waals surface area contributed by atoms with E-state index in [1.54, 1.807) is 6.92 Å². The molecule has 0 amide bonds. The normalized spacial score (nSPS) is 11.8. The van der Waals surface area contributed by atoms with Gasteiger partial charge in [-0.05, 0) is 72.9 Å². The van der Waals surface area contributed by atoms with E-state index in [-0.39, 0.29) is 11.3 Å². The smallest absolute Gasteiger partial charge is 0.306 e. The minimum atomic E-state index is -0.688. The number of hydrogen-bond acceptors (Lipinski definition) is 7. The molecule has 1 atom stereocenters. The summed E-state index contributed by atoms with van der Waals surface area (Å²) in [7, 11) is 0. The topological polar surface area (TPSA) is 113 Å². The summed E-state index contributed by atoms with van der Waals surface area (Å²) in [5, 5.41) is 12.3. The number of hydrogen-bond donors (Lipinski definition) is 4. The lowest BCUT2D eigenvalue weighted by molar-refractivity contribution is -0.141. The molecule has 1 unspecified atom stereocenters. The molecule has 0 saturated carbocycles. The summed E-state index contributed by atoms with van der Waals surface area (Å²) in [5.41, 5.74) is 11.0. The first-order valence-electron chi connectivity index (χ1n) is 16.7. The summed E-state index contributed by atoms with van der Waals surface area (Å²) < 4.78 is 6.84. The summed E-state index contributed by atoms with van der Waals surface area (Å²) in [6, 6.07) is 22.8. The molecule has 0 radical (unpaired) electrons. The van der Waals surface area contributed by atoms with E-state index in [9.17, 15) is 4.79 Å². The number of carboxylic acid groups (broad SMARTS) is 1. The van der Waals surface area contributed by atoms with Gasteiger partial charge in [0.1, 0.15) is 16.2 Å². The fraction of sp³-hybridized carbons (Fsp3) is 0.447. The third-order valence-electron chi connectivity index (χ3n) is 7.73. The van der Waals surface area contributed by atoms with Crippen molar-refractivity contribution in [2.75, 3.05) is 24.2 Å². The Bertz CT molecular complexity index is 1590. The Kier molecular flexibility index (Phi) is 15.4. The number of nitrogens with zero attached hydrogens (tertiary/aromatic N) is 1. The fourth-order valence-corrected chi connectivity index (χ4v) is 6.04. The number of carbonyl (C=O) groups is 1. The Morgan fingerprint density at radius 1 is 1.06 bits per heavy atom. The molecule has 2 aromatic heterocycles. The molecule has 0 saturated heterocycles. The van der Waals surface area contributed by atoms with Crippen molar-refractivity contribution in [2.45, 2.75) is 86.0 Å². The van der Waals surface area contributed by atoms with Gasteiger partial charge in [0.05, 0.1) is 23.1 Å². The van der Waals surface area contributed by atoms with Crippen LogP contribution in [0.3, 0.4) is 0 Å². The molecular formula is C38H52N4O3S2. The third-order valence-corrected chi connectivity index (χ3v) is 8.90. The number of nitrogens with one attached hydrogen (secondary N) is 2. The summed E-state index contributed by atoms with van der Waals surface area (Å²) in [5.74, 6) is 1.01. The minimum Gasteiger partial charge on any atom is -0.494 e. The molecule has 0 aliphatic carbocycles. The van der Waals surface area contributed by atoms with Crippen molar-refractivity contribution in [3.63, 3.8) is 0 Å². The van der Waals surface area contributed by atoms with Crippen molar-refractivity contribution in [3.8, 4) is 27.4 Å². The number of thiazole rings is 1. The van der Waals surface area contributed by atoms with Crippen LogP contribution in [0.5, 0.6) is 5.75 Å². The molecule has 0 fully saturated rings. The quantitative estimate of drug-likeness (QED) is 0.0690. The highest BCUT2D eigenvalue weighted by molar-refractivity contribution is 7.71. The maximum Gasteiger partial charge on any atom is 0.306 e. The van der Waals surface area contributed by atoms with E-state index in [0.29, 0.717) is 11.7 Å². The maximum absolute atomic E-state index is 10.1. The number of aromatic amines is 1. The van der Waals surface area contributed by atoms with Gasteiger partial charge in [0.25, 0.3) is 0 Å². The highest BCUT2D eigenvalue weighted by atomic mass is 32.1. The molecule has 254 valence electrons. The van der Waals surface area contributed by atoms with Crippen LogP contribution in [0.4, 0.5) is 10.9 Å². The van der Waals surface area contributed by atoms with Crippen molar-refractivity contribution < 1.29 is 14.6 Å². The molecule has 0 bridgehead atoms. The first-order valence-corrected chi connectivity index (χ1v) is 17.9. The van der Waals surface area contributed by atoms with Gasteiger partial charge in [0.15, 0.2) is 5.13 Å². The zero-order chi connectivity index (χ0) is 34.2. The molecule has 4 rings (SSSR count). The number of benzene rings is 2. The molecule has 4 aromatic rings. The van der Waals surface area contributed by atoms with Crippen LogP contribution < -0.4 is 15.8 Å². The molecular weight excluding hydrogens is 625 g/mol. The second kappa shape index (κ2) is 19.2. The largest absolute Gasteiger partial charge is 0.494 e. The number of rotatable bonds is 16. The number of unbranched alkanes of at least 4 members (excludes halogenated alkanes) is 3. The molecule has 2 heterocycles. The van der Waals surface area contributed by atoms with Gasteiger partial charge in [-0.2, -0.15) is 0 Å². The summed E-state index contributed by atoms with van der Waals surface area (Å²) in [6.45, 7) is 12.0. The number of pyridine rings is 1. The lowest BCUT2D eigenvalue weighted by Gasteiger charge is -2.18. The van der Waals surface area contributed by atoms with Gasteiger partial charge in [-0.25, -0.2) is 4.98 Å². The summed E-state index contributed by atoms with van der Waals surface area (Å²) in [6.07, 6.45) is 8.38. The number of H-pyrrole nitrogens is 1. The predicted octanol–water partition coefficient (Wildman–Crippen LogP) is 10.7. The molecule has 0 aliphatic rings. The zero-order valence-electron chi connectivity index (χ0n) is 28.6. The van der Waals surface area contributed by atoms with E-state index in [1.807, 2.05) is 37.3 Å². The Hall–Kier alpha value is -3.69. The number of ether oxygens (including phenoxy) is 1. The van der Waals surface area contributed by atoms with E-state index in [1.165, 1.54) is 35.3 Å². The Labute approximate surface area is 290 Å². The van der Waals surface area contributed by atoms with E-state index < -0.39 is 5.97 Å². The average molecular weight is 677 g/mol. The average Bonchev–Trinajstić information content (AvgIpc) is 3.42.